The first kappa shape index (κ1) is 14.0. The van der Waals surface area contributed by atoms with Crippen LogP contribution in [-0.4, -0.2) is 19.8 Å². The highest BCUT2D eigenvalue weighted by Gasteiger charge is 2.26. The number of hydrogen-bond acceptors (Lipinski definition) is 2. The van der Waals surface area contributed by atoms with Crippen LogP contribution in [0.1, 0.15) is 31.4 Å². The summed E-state index contributed by atoms with van der Waals surface area (Å²) in [6, 6.07) is 5.46. The predicted octanol–water partition coefficient (Wildman–Crippen LogP) is 3.67. The van der Waals surface area contributed by atoms with Gasteiger partial charge < -0.3 is 10.1 Å². The smallest absolute Gasteiger partial charge is 0.137 e. The van der Waals surface area contributed by atoms with Gasteiger partial charge in [-0.25, -0.2) is 4.39 Å². The van der Waals surface area contributed by atoms with Gasteiger partial charge in [0, 0.05) is 19.3 Å². The molecule has 1 unspecified atom stereocenters. The van der Waals surface area contributed by atoms with Crippen molar-refractivity contribution in [3.63, 3.8) is 0 Å². The Morgan fingerprint density at radius 2 is 2.17 bits per heavy atom. The minimum Gasteiger partial charge on any atom is -0.381 e. The van der Waals surface area contributed by atoms with E-state index in [-0.39, 0.29) is 11.9 Å². The highest BCUT2D eigenvalue weighted by Crippen LogP contribution is 2.34. The molecule has 0 spiro atoms. The molecule has 100 valence electrons. The maximum atomic E-state index is 13.6. The third-order valence-corrected chi connectivity index (χ3v) is 4.31. The summed E-state index contributed by atoms with van der Waals surface area (Å²) in [5.41, 5.74) is 1.02. The van der Waals surface area contributed by atoms with Crippen molar-refractivity contribution in [1.82, 2.24) is 5.32 Å². The molecule has 1 N–H and O–H groups in total. The molecule has 4 heteroatoms. The van der Waals surface area contributed by atoms with E-state index >= 15 is 0 Å². The zero-order valence-corrected chi connectivity index (χ0v) is 12.2. The van der Waals surface area contributed by atoms with Gasteiger partial charge in [0.15, 0.2) is 0 Å². The molecule has 1 heterocycles. The quantitative estimate of drug-likeness (QED) is 0.915. The maximum absolute atomic E-state index is 13.6. The summed E-state index contributed by atoms with van der Waals surface area (Å²) in [5.74, 6) is 0.319. The fourth-order valence-corrected chi connectivity index (χ4v) is 3.07. The normalized spacial score (nSPS) is 18.8. The monoisotopic (exact) mass is 315 g/mol. The summed E-state index contributed by atoms with van der Waals surface area (Å²) in [4.78, 5) is 0. The number of ether oxygens (including phenoxy) is 1. The van der Waals surface area contributed by atoms with Gasteiger partial charge in [-0.1, -0.05) is 19.1 Å². The average molecular weight is 316 g/mol. The number of halogens is 2. The van der Waals surface area contributed by atoms with E-state index in [1.165, 1.54) is 6.07 Å². The Bertz CT molecular complexity index is 393. The molecular formula is C14H19BrFNO. The Balaban J connectivity index is 2.25. The molecule has 1 aromatic rings. The van der Waals surface area contributed by atoms with Gasteiger partial charge in [-0.15, -0.1) is 0 Å². The molecule has 1 fully saturated rings. The molecule has 0 aliphatic carbocycles. The minimum absolute atomic E-state index is 0.192. The van der Waals surface area contributed by atoms with Crippen LogP contribution in [0.15, 0.2) is 22.7 Å². The minimum atomic E-state index is -0.192. The Labute approximate surface area is 116 Å². The molecule has 1 aliphatic heterocycles. The molecule has 0 radical (unpaired) electrons. The molecule has 2 rings (SSSR count). The molecule has 1 atom stereocenters. The van der Waals surface area contributed by atoms with Crippen LogP contribution in [-0.2, 0) is 4.74 Å². The van der Waals surface area contributed by atoms with Crippen LogP contribution in [0.2, 0.25) is 0 Å². The van der Waals surface area contributed by atoms with E-state index in [1.807, 2.05) is 6.07 Å². The van der Waals surface area contributed by atoms with Crippen molar-refractivity contribution < 1.29 is 9.13 Å². The van der Waals surface area contributed by atoms with Crippen molar-refractivity contribution in [3.8, 4) is 0 Å². The van der Waals surface area contributed by atoms with E-state index in [1.54, 1.807) is 6.07 Å². The van der Waals surface area contributed by atoms with Crippen LogP contribution in [0.3, 0.4) is 0 Å². The lowest BCUT2D eigenvalue weighted by atomic mass is 9.87. The molecule has 0 amide bonds. The van der Waals surface area contributed by atoms with Gasteiger partial charge in [-0.2, -0.15) is 0 Å². The van der Waals surface area contributed by atoms with E-state index in [0.717, 1.165) is 38.2 Å². The second-order valence-corrected chi connectivity index (χ2v) is 5.42. The highest BCUT2D eigenvalue weighted by atomic mass is 79.9. The molecule has 0 saturated carbocycles. The first-order valence-corrected chi connectivity index (χ1v) is 7.28. The average Bonchev–Trinajstić information content (AvgIpc) is 2.41. The summed E-state index contributed by atoms with van der Waals surface area (Å²) in [5, 5.41) is 3.48. The van der Waals surface area contributed by atoms with Gasteiger partial charge in [0.1, 0.15) is 5.82 Å². The number of benzene rings is 1. The van der Waals surface area contributed by atoms with Crippen molar-refractivity contribution in [2.24, 2.45) is 5.92 Å². The summed E-state index contributed by atoms with van der Waals surface area (Å²) in [6.07, 6.45) is 2.06. The zero-order chi connectivity index (χ0) is 13.0. The van der Waals surface area contributed by atoms with E-state index in [4.69, 9.17) is 4.74 Å². The van der Waals surface area contributed by atoms with Gasteiger partial charge in [0.25, 0.3) is 0 Å². The maximum Gasteiger partial charge on any atom is 0.137 e. The first-order chi connectivity index (χ1) is 8.74. The summed E-state index contributed by atoms with van der Waals surface area (Å²) in [6.45, 7) is 4.57. The second-order valence-electron chi connectivity index (χ2n) is 4.63. The number of hydrogen-bond donors (Lipinski definition) is 1. The third kappa shape index (κ3) is 3.11. The second kappa shape index (κ2) is 6.64. The van der Waals surface area contributed by atoms with Crippen molar-refractivity contribution in [1.29, 1.82) is 0 Å². The van der Waals surface area contributed by atoms with Crippen LogP contribution >= 0.6 is 15.9 Å². The standard InChI is InChI=1S/C14H19BrFNO/c1-2-17-14(10-6-8-18-9-7-10)11-4-3-5-12(16)13(11)15/h3-5,10,14,17H,2,6-9H2,1H3. The van der Waals surface area contributed by atoms with Crippen LogP contribution in [0.4, 0.5) is 4.39 Å². The molecule has 1 aromatic carbocycles. The lowest BCUT2D eigenvalue weighted by molar-refractivity contribution is 0.0537. The van der Waals surface area contributed by atoms with Crippen LogP contribution in [0.5, 0.6) is 0 Å². The van der Waals surface area contributed by atoms with Crippen LogP contribution < -0.4 is 5.32 Å². The fourth-order valence-electron chi connectivity index (χ4n) is 2.56. The largest absolute Gasteiger partial charge is 0.381 e. The van der Waals surface area contributed by atoms with Crippen molar-refractivity contribution in [3.05, 3.63) is 34.1 Å². The van der Waals surface area contributed by atoms with Crippen LogP contribution in [0.25, 0.3) is 0 Å². The molecule has 1 aliphatic rings. The molecule has 1 saturated heterocycles. The Morgan fingerprint density at radius 3 is 2.83 bits per heavy atom. The summed E-state index contributed by atoms with van der Waals surface area (Å²) >= 11 is 3.37. The van der Waals surface area contributed by atoms with Gasteiger partial charge in [-0.05, 0) is 52.9 Å². The van der Waals surface area contributed by atoms with Crippen LogP contribution in [0, 0.1) is 11.7 Å². The lowest BCUT2D eigenvalue weighted by Gasteiger charge is -2.31. The molecule has 18 heavy (non-hydrogen) atoms. The van der Waals surface area contributed by atoms with Crippen molar-refractivity contribution in [2.75, 3.05) is 19.8 Å². The summed E-state index contributed by atoms with van der Waals surface area (Å²) < 4.78 is 19.6. The Morgan fingerprint density at radius 1 is 1.44 bits per heavy atom. The van der Waals surface area contributed by atoms with Crippen molar-refractivity contribution >= 4 is 15.9 Å². The third-order valence-electron chi connectivity index (χ3n) is 3.48. The van der Waals surface area contributed by atoms with Crippen molar-refractivity contribution in [2.45, 2.75) is 25.8 Å². The molecule has 2 nitrogen and oxygen atoms in total. The van der Waals surface area contributed by atoms with E-state index in [0.29, 0.717) is 10.4 Å². The molecule has 0 bridgehead atoms. The summed E-state index contributed by atoms with van der Waals surface area (Å²) in [7, 11) is 0. The zero-order valence-electron chi connectivity index (χ0n) is 10.6. The Kier molecular flexibility index (Phi) is 5.15. The molecule has 0 aromatic heterocycles. The van der Waals surface area contributed by atoms with E-state index in [9.17, 15) is 4.39 Å². The van der Waals surface area contributed by atoms with E-state index in [2.05, 4.69) is 28.2 Å². The lowest BCUT2D eigenvalue weighted by Crippen LogP contribution is -2.32. The van der Waals surface area contributed by atoms with Gasteiger partial charge in [0.05, 0.1) is 4.47 Å². The number of nitrogens with one attached hydrogen (secondary N) is 1. The topological polar surface area (TPSA) is 21.3 Å². The number of rotatable bonds is 4. The van der Waals surface area contributed by atoms with Gasteiger partial charge >= 0.3 is 0 Å². The van der Waals surface area contributed by atoms with E-state index < -0.39 is 0 Å². The fraction of sp³-hybridized carbons (Fsp3) is 0.571. The SMILES string of the molecule is CCNC(c1cccc(F)c1Br)C1CCOCC1. The predicted molar refractivity (Wildman–Crippen MR) is 74.1 cm³/mol. The Hall–Kier alpha value is -0.450. The first-order valence-electron chi connectivity index (χ1n) is 6.49. The van der Waals surface area contributed by atoms with Gasteiger partial charge in [0.2, 0.25) is 0 Å². The molecular weight excluding hydrogens is 297 g/mol. The highest BCUT2D eigenvalue weighted by molar-refractivity contribution is 9.10. The van der Waals surface area contributed by atoms with Gasteiger partial charge in [-0.3, -0.25) is 0 Å².